The number of H-pyrrole nitrogens is 2. The Kier molecular flexibility index (Phi) is 2.49. The van der Waals surface area contributed by atoms with E-state index in [0.717, 1.165) is 0 Å². The number of Topliss-reactive ketones (excluding diaryl/α,β-unsaturated/α-hetero) is 1. The molecule has 0 radical (unpaired) electrons. The number of nitrogens with two attached hydrogens (primary N) is 1. The lowest BCUT2D eigenvalue weighted by molar-refractivity contribution is 0.0962. The van der Waals surface area contributed by atoms with Crippen LogP contribution in [0.2, 0.25) is 0 Å². The average Bonchev–Trinajstić information content (AvgIpc) is 2.28. The molecule has 4 N–H and O–H groups in total. The molecule has 0 spiro atoms. The number of nitrogens with one attached hydrogen (secondary N) is 2. The molecule has 1 atom stereocenters. The summed E-state index contributed by atoms with van der Waals surface area (Å²) in [6, 6.07) is -0.618. The van der Waals surface area contributed by atoms with E-state index in [1.165, 1.54) is 0 Å². The van der Waals surface area contributed by atoms with Crippen molar-refractivity contribution in [2.75, 3.05) is 0 Å². The maximum atomic E-state index is 11.2. The predicted octanol–water partition coefficient (Wildman–Crippen LogP) is -0.00460. The molecule has 1 rings (SSSR count). The van der Waals surface area contributed by atoms with Crippen LogP contribution in [0, 0.1) is 0 Å². The van der Waals surface area contributed by atoms with Gasteiger partial charge in [-0.2, -0.15) is 0 Å². The molecule has 0 aromatic carbocycles. The Morgan fingerprint density at radius 2 is 2.17 bits per heavy atom. The summed E-state index contributed by atoms with van der Waals surface area (Å²) in [5.74, 6) is -0.305. The van der Waals surface area contributed by atoms with Crippen LogP contribution in [0.5, 0.6) is 0 Å². The zero-order valence-corrected chi connectivity index (χ0v) is 7.94. The normalized spacial score (nSPS) is 12.9. The summed E-state index contributed by atoms with van der Waals surface area (Å²) in [5, 5.41) is 0. The van der Waals surface area contributed by atoms with Crippen molar-refractivity contribution in [1.82, 2.24) is 9.97 Å². The molecule has 0 saturated carbocycles. The van der Waals surface area contributed by atoms with Crippen molar-refractivity contribution >= 4 is 21.7 Å². The van der Waals surface area contributed by atoms with Gasteiger partial charge in [0.15, 0.2) is 5.78 Å². The Bertz CT molecular complexity index is 352. The van der Waals surface area contributed by atoms with Crippen molar-refractivity contribution in [3.63, 3.8) is 0 Å². The van der Waals surface area contributed by atoms with Crippen molar-refractivity contribution in [1.29, 1.82) is 0 Å². The SMILES string of the molecule is CC(N)C(=O)c1[nH]c(=O)[nH]c1Br. The van der Waals surface area contributed by atoms with Crippen LogP contribution in [0.1, 0.15) is 17.4 Å². The molecule has 12 heavy (non-hydrogen) atoms. The second-order valence-corrected chi connectivity index (χ2v) is 3.21. The molecule has 1 aromatic heterocycles. The van der Waals surface area contributed by atoms with Crippen LogP contribution in [0.3, 0.4) is 0 Å². The lowest BCUT2D eigenvalue weighted by Crippen LogP contribution is -2.27. The molecule has 0 aliphatic heterocycles. The standard InChI is InChI=1S/C6H8BrN3O2/c1-2(8)4(11)3-5(7)10-6(12)9-3/h2H,8H2,1H3,(H2,9,10,12). The molecule has 0 saturated heterocycles. The van der Waals surface area contributed by atoms with Crippen LogP contribution in [0.15, 0.2) is 9.40 Å². The molecular formula is C6H8BrN3O2. The van der Waals surface area contributed by atoms with Crippen LogP contribution in [-0.2, 0) is 0 Å². The summed E-state index contributed by atoms with van der Waals surface area (Å²) < 4.78 is 0.342. The highest BCUT2D eigenvalue weighted by molar-refractivity contribution is 9.10. The first-order chi connectivity index (χ1) is 5.52. The Morgan fingerprint density at radius 1 is 1.58 bits per heavy atom. The number of ketones is 1. The average molecular weight is 234 g/mol. The first kappa shape index (κ1) is 9.21. The number of hydrogen-bond acceptors (Lipinski definition) is 3. The third-order valence-corrected chi connectivity index (χ3v) is 1.94. The van der Waals surface area contributed by atoms with Gasteiger partial charge in [-0.1, -0.05) is 0 Å². The maximum absolute atomic E-state index is 11.2. The van der Waals surface area contributed by atoms with E-state index in [9.17, 15) is 9.59 Å². The van der Waals surface area contributed by atoms with E-state index in [1.807, 2.05) is 0 Å². The molecule has 5 nitrogen and oxygen atoms in total. The van der Waals surface area contributed by atoms with Crippen molar-refractivity contribution in [2.24, 2.45) is 5.73 Å². The van der Waals surface area contributed by atoms with Crippen molar-refractivity contribution in [3.8, 4) is 0 Å². The van der Waals surface area contributed by atoms with Crippen LogP contribution in [0.4, 0.5) is 0 Å². The zero-order chi connectivity index (χ0) is 9.30. The fourth-order valence-corrected chi connectivity index (χ4v) is 1.23. The third kappa shape index (κ3) is 1.64. The molecule has 0 aliphatic carbocycles. The molecule has 1 aromatic rings. The third-order valence-electron chi connectivity index (χ3n) is 1.34. The van der Waals surface area contributed by atoms with Gasteiger partial charge in [-0.05, 0) is 22.9 Å². The number of carbonyl (C=O) groups excluding carboxylic acids is 1. The number of halogens is 1. The molecular weight excluding hydrogens is 226 g/mol. The van der Waals surface area contributed by atoms with E-state index >= 15 is 0 Å². The quantitative estimate of drug-likeness (QED) is 0.628. The number of imidazole rings is 1. The highest BCUT2D eigenvalue weighted by Crippen LogP contribution is 2.09. The van der Waals surface area contributed by atoms with Crippen LogP contribution in [-0.4, -0.2) is 21.8 Å². The van der Waals surface area contributed by atoms with Crippen molar-refractivity contribution in [3.05, 3.63) is 20.8 Å². The summed E-state index contributed by atoms with van der Waals surface area (Å²) in [6.45, 7) is 1.56. The van der Waals surface area contributed by atoms with Gasteiger partial charge in [0.25, 0.3) is 0 Å². The van der Waals surface area contributed by atoms with Gasteiger partial charge in [0.2, 0.25) is 0 Å². The van der Waals surface area contributed by atoms with Crippen molar-refractivity contribution < 1.29 is 4.79 Å². The van der Waals surface area contributed by atoms with Crippen LogP contribution < -0.4 is 11.4 Å². The Hall–Kier alpha value is -0.880. The van der Waals surface area contributed by atoms with Gasteiger partial charge in [0.05, 0.1) is 6.04 Å². The van der Waals surface area contributed by atoms with E-state index in [-0.39, 0.29) is 11.5 Å². The second kappa shape index (κ2) is 3.24. The Morgan fingerprint density at radius 3 is 2.50 bits per heavy atom. The van der Waals surface area contributed by atoms with E-state index in [0.29, 0.717) is 4.60 Å². The molecule has 0 fully saturated rings. The number of aromatic nitrogens is 2. The van der Waals surface area contributed by atoms with E-state index in [2.05, 4.69) is 25.9 Å². The highest BCUT2D eigenvalue weighted by atomic mass is 79.9. The molecule has 1 unspecified atom stereocenters. The smallest absolute Gasteiger partial charge is 0.321 e. The summed E-state index contributed by atoms with van der Waals surface area (Å²) in [6.07, 6.45) is 0. The Labute approximate surface area is 76.5 Å². The predicted molar refractivity (Wildman–Crippen MR) is 47.1 cm³/mol. The largest absolute Gasteiger partial charge is 0.324 e. The maximum Gasteiger partial charge on any atom is 0.324 e. The summed E-state index contributed by atoms with van der Waals surface area (Å²) in [7, 11) is 0. The van der Waals surface area contributed by atoms with Crippen LogP contribution in [0.25, 0.3) is 0 Å². The van der Waals surface area contributed by atoms with Crippen molar-refractivity contribution in [2.45, 2.75) is 13.0 Å². The summed E-state index contributed by atoms with van der Waals surface area (Å²) in [5.41, 5.74) is 5.10. The zero-order valence-electron chi connectivity index (χ0n) is 6.35. The number of aromatic amines is 2. The van der Waals surface area contributed by atoms with Gasteiger partial charge in [0, 0.05) is 0 Å². The van der Waals surface area contributed by atoms with Gasteiger partial charge in [-0.15, -0.1) is 0 Å². The van der Waals surface area contributed by atoms with Gasteiger partial charge in [-0.3, -0.25) is 9.78 Å². The lowest BCUT2D eigenvalue weighted by Gasteiger charge is -2.00. The molecule has 0 amide bonds. The monoisotopic (exact) mass is 233 g/mol. The Balaban J connectivity index is 3.11. The van der Waals surface area contributed by atoms with Gasteiger partial charge in [0.1, 0.15) is 10.3 Å². The fraction of sp³-hybridized carbons (Fsp3) is 0.333. The van der Waals surface area contributed by atoms with E-state index in [4.69, 9.17) is 5.73 Å². The van der Waals surface area contributed by atoms with E-state index in [1.54, 1.807) is 6.92 Å². The second-order valence-electron chi connectivity index (χ2n) is 2.42. The van der Waals surface area contributed by atoms with E-state index < -0.39 is 11.7 Å². The molecule has 0 aliphatic rings. The summed E-state index contributed by atoms with van der Waals surface area (Å²) in [4.78, 5) is 26.6. The van der Waals surface area contributed by atoms with Gasteiger partial charge in [-0.25, -0.2) is 4.79 Å². The first-order valence-corrected chi connectivity index (χ1v) is 4.09. The first-order valence-electron chi connectivity index (χ1n) is 3.30. The fourth-order valence-electron chi connectivity index (χ4n) is 0.759. The molecule has 0 bridgehead atoms. The number of carbonyl (C=O) groups is 1. The summed E-state index contributed by atoms with van der Waals surface area (Å²) >= 11 is 3.02. The molecule has 6 heteroatoms. The molecule has 1 heterocycles. The number of hydrogen-bond donors (Lipinski definition) is 3. The lowest BCUT2D eigenvalue weighted by atomic mass is 10.2. The number of rotatable bonds is 2. The van der Waals surface area contributed by atoms with Crippen LogP contribution >= 0.6 is 15.9 Å². The minimum atomic E-state index is -0.618. The topological polar surface area (TPSA) is 91.7 Å². The minimum Gasteiger partial charge on any atom is -0.321 e. The minimum absolute atomic E-state index is 0.190. The highest BCUT2D eigenvalue weighted by Gasteiger charge is 2.16. The molecule has 66 valence electrons. The van der Waals surface area contributed by atoms with Gasteiger partial charge >= 0.3 is 5.69 Å². The van der Waals surface area contributed by atoms with Gasteiger partial charge < -0.3 is 10.7 Å².